The number of imide groups is 1. The van der Waals surface area contributed by atoms with E-state index in [0.717, 1.165) is 16.7 Å². The van der Waals surface area contributed by atoms with Crippen molar-refractivity contribution >= 4 is 12.0 Å². The van der Waals surface area contributed by atoms with Gasteiger partial charge in [0.1, 0.15) is 6.61 Å². The second kappa shape index (κ2) is 10.6. The smallest absolute Gasteiger partial charge is 0.416 e. The molecule has 1 aliphatic rings. The summed E-state index contributed by atoms with van der Waals surface area (Å²) in [6, 6.07) is 19.5. The Bertz CT molecular complexity index is 819. The summed E-state index contributed by atoms with van der Waals surface area (Å²) in [7, 11) is 0. The van der Waals surface area contributed by atoms with Gasteiger partial charge in [-0.15, -0.1) is 0 Å². The Labute approximate surface area is 171 Å². The second-order valence-corrected chi connectivity index (χ2v) is 7.27. The third kappa shape index (κ3) is 6.29. The molecule has 2 amide bonds. The fourth-order valence-electron chi connectivity index (χ4n) is 3.37. The SMILES string of the molecule is C=C(CCCC(=O)N1C(=O)OC[C@@H]1Cc1ccccc1)COCc1ccccc1. The van der Waals surface area contributed by atoms with E-state index in [1.807, 2.05) is 60.7 Å². The highest BCUT2D eigenvalue weighted by Crippen LogP contribution is 2.19. The van der Waals surface area contributed by atoms with E-state index in [1.54, 1.807) is 0 Å². The van der Waals surface area contributed by atoms with Crippen molar-refractivity contribution in [2.75, 3.05) is 13.2 Å². The van der Waals surface area contributed by atoms with Crippen LogP contribution in [0.2, 0.25) is 0 Å². The highest BCUT2D eigenvalue weighted by atomic mass is 16.6. The first kappa shape index (κ1) is 20.8. The average Bonchev–Trinajstić information content (AvgIpc) is 3.09. The minimum Gasteiger partial charge on any atom is -0.447 e. The summed E-state index contributed by atoms with van der Waals surface area (Å²) in [6.07, 6.45) is 1.68. The summed E-state index contributed by atoms with van der Waals surface area (Å²) in [5.41, 5.74) is 3.14. The topological polar surface area (TPSA) is 55.8 Å². The molecule has 0 bridgehead atoms. The van der Waals surface area contributed by atoms with Gasteiger partial charge in [0.15, 0.2) is 0 Å². The molecule has 0 radical (unpaired) electrons. The second-order valence-electron chi connectivity index (χ2n) is 7.27. The number of benzene rings is 2. The van der Waals surface area contributed by atoms with Crippen molar-refractivity contribution in [1.29, 1.82) is 0 Å². The molecule has 1 fully saturated rings. The van der Waals surface area contributed by atoms with Crippen LogP contribution in [0.15, 0.2) is 72.8 Å². The molecule has 1 saturated heterocycles. The Hall–Kier alpha value is -2.92. The van der Waals surface area contributed by atoms with Gasteiger partial charge in [-0.3, -0.25) is 4.79 Å². The van der Waals surface area contributed by atoms with E-state index in [-0.39, 0.29) is 25.0 Å². The maximum atomic E-state index is 12.6. The van der Waals surface area contributed by atoms with E-state index in [9.17, 15) is 9.59 Å². The largest absolute Gasteiger partial charge is 0.447 e. The summed E-state index contributed by atoms with van der Waals surface area (Å²) in [5, 5.41) is 0. The molecule has 152 valence electrons. The van der Waals surface area contributed by atoms with Gasteiger partial charge in [0.05, 0.1) is 19.3 Å². The van der Waals surface area contributed by atoms with Gasteiger partial charge in [0.2, 0.25) is 5.91 Å². The number of hydrogen-bond donors (Lipinski definition) is 0. The zero-order valence-corrected chi connectivity index (χ0v) is 16.6. The van der Waals surface area contributed by atoms with Crippen LogP contribution in [0.4, 0.5) is 4.79 Å². The third-order valence-electron chi connectivity index (χ3n) is 4.88. The van der Waals surface area contributed by atoms with Crippen LogP contribution in [0.25, 0.3) is 0 Å². The Morgan fingerprint density at radius 3 is 2.38 bits per heavy atom. The predicted molar refractivity (Wildman–Crippen MR) is 111 cm³/mol. The summed E-state index contributed by atoms with van der Waals surface area (Å²) < 4.78 is 10.8. The molecule has 1 atom stereocenters. The normalized spacial score (nSPS) is 15.9. The van der Waals surface area contributed by atoms with Crippen LogP contribution >= 0.6 is 0 Å². The van der Waals surface area contributed by atoms with E-state index < -0.39 is 6.09 Å². The zero-order chi connectivity index (χ0) is 20.5. The van der Waals surface area contributed by atoms with Crippen LogP contribution in [-0.2, 0) is 27.3 Å². The van der Waals surface area contributed by atoms with Crippen LogP contribution in [0.3, 0.4) is 0 Å². The molecule has 0 aliphatic carbocycles. The molecule has 2 aromatic rings. The summed E-state index contributed by atoms with van der Waals surface area (Å²) in [5.74, 6) is -0.188. The minimum atomic E-state index is -0.541. The van der Waals surface area contributed by atoms with Crippen LogP contribution in [0, 0.1) is 0 Å². The molecule has 29 heavy (non-hydrogen) atoms. The molecule has 0 spiro atoms. The van der Waals surface area contributed by atoms with Gasteiger partial charge < -0.3 is 9.47 Å². The number of carbonyl (C=O) groups excluding carboxylic acids is 2. The number of carbonyl (C=O) groups is 2. The number of amides is 2. The minimum absolute atomic E-state index is 0.188. The van der Waals surface area contributed by atoms with Crippen molar-refractivity contribution in [2.45, 2.75) is 38.3 Å². The van der Waals surface area contributed by atoms with Crippen LogP contribution in [0.1, 0.15) is 30.4 Å². The lowest BCUT2D eigenvalue weighted by Crippen LogP contribution is -2.40. The Morgan fingerprint density at radius 2 is 1.69 bits per heavy atom. The zero-order valence-electron chi connectivity index (χ0n) is 16.6. The molecule has 0 N–H and O–H groups in total. The van der Waals surface area contributed by atoms with Crippen LogP contribution in [-0.4, -0.2) is 36.2 Å². The van der Waals surface area contributed by atoms with Crippen molar-refractivity contribution in [3.05, 3.63) is 83.9 Å². The maximum Gasteiger partial charge on any atom is 0.416 e. The van der Waals surface area contributed by atoms with Gasteiger partial charge in [0, 0.05) is 6.42 Å². The lowest BCUT2D eigenvalue weighted by molar-refractivity contribution is -0.129. The van der Waals surface area contributed by atoms with E-state index in [0.29, 0.717) is 32.5 Å². The van der Waals surface area contributed by atoms with Crippen molar-refractivity contribution in [3.63, 3.8) is 0 Å². The first-order valence-electron chi connectivity index (χ1n) is 9.94. The van der Waals surface area contributed by atoms with E-state index in [4.69, 9.17) is 9.47 Å². The van der Waals surface area contributed by atoms with Gasteiger partial charge >= 0.3 is 6.09 Å². The molecule has 0 saturated carbocycles. The van der Waals surface area contributed by atoms with Crippen LogP contribution < -0.4 is 0 Å². The molecule has 1 aliphatic heterocycles. The monoisotopic (exact) mass is 393 g/mol. The predicted octanol–water partition coefficient (Wildman–Crippen LogP) is 4.52. The standard InChI is InChI=1S/C24H27NO4/c1-19(16-28-17-21-12-6-3-7-13-21)9-8-14-23(26)25-22(18-29-24(25)27)15-20-10-4-2-5-11-20/h2-7,10-13,22H,1,8-9,14-18H2/t22-/m0/s1. The molecule has 1 heterocycles. The van der Waals surface area contributed by atoms with Gasteiger partial charge in [-0.25, -0.2) is 9.69 Å². The van der Waals surface area contributed by atoms with Crippen molar-refractivity contribution < 1.29 is 19.1 Å². The lowest BCUT2D eigenvalue weighted by Gasteiger charge is -2.19. The summed E-state index contributed by atoms with van der Waals surface area (Å²) in [6.45, 7) is 5.28. The fourth-order valence-corrected chi connectivity index (χ4v) is 3.37. The number of nitrogens with zero attached hydrogens (tertiary/aromatic N) is 1. The average molecular weight is 393 g/mol. The number of rotatable bonds is 10. The van der Waals surface area contributed by atoms with Gasteiger partial charge in [-0.1, -0.05) is 72.8 Å². The van der Waals surface area contributed by atoms with E-state index in [1.165, 1.54) is 4.90 Å². The number of cyclic esters (lactones) is 1. The highest BCUT2D eigenvalue weighted by molar-refractivity contribution is 5.93. The lowest BCUT2D eigenvalue weighted by atomic mass is 10.0. The molecule has 2 aromatic carbocycles. The Balaban J connectivity index is 1.39. The summed E-state index contributed by atoms with van der Waals surface area (Å²) in [4.78, 5) is 25.9. The Morgan fingerprint density at radius 1 is 1.03 bits per heavy atom. The quantitative estimate of drug-likeness (QED) is 0.557. The van der Waals surface area contributed by atoms with E-state index in [2.05, 4.69) is 6.58 Å². The number of hydrogen-bond acceptors (Lipinski definition) is 4. The molecule has 5 heteroatoms. The third-order valence-corrected chi connectivity index (χ3v) is 4.88. The van der Waals surface area contributed by atoms with E-state index >= 15 is 0 Å². The maximum absolute atomic E-state index is 12.6. The molecular formula is C24H27NO4. The molecule has 0 unspecified atom stereocenters. The first-order valence-corrected chi connectivity index (χ1v) is 9.94. The Kier molecular flexibility index (Phi) is 7.59. The number of ether oxygens (including phenoxy) is 2. The first-order chi connectivity index (χ1) is 14.1. The van der Waals surface area contributed by atoms with Gasteiger partial charge in [-0.05, 0) is 30.4 Å². The van der Waals surface area contributed by atoms with Gasteiger partial charge in [0.25, 0.3) is 0 Å². The van der Waals surface area contributed by atoms with Gasteiger partial charge in [-0.2, -0.15) is 0 Å². The molecule has 3 rings (SSSR count). The molecular weight excluding hydrogens is 366 g/mol. The van der Waals surface area contributed by atoms with Crippen molar-refractivity contribution in [1.82, 2.24) is 4.90 Å². The molecule has 0 aromatic heterocycles. The fraction of sp³-hybridized carbons (Fsp3) is 0.333. The van der Waals surface area contributed by atoms with Crippen LogP contribution in [0.5, 0.6) is 0 Å². The summed E-state index contributed by atoms with van der Waals surface area (Å²) >= 11 is 0. The highest BCUT2D eigenvalue weighted by Gasteiger charge is 2.37. The molecule has 5 nitrogen and oxygen atoms in total. The van der Waals surface area contributed by atoms with Crippen molar-refractivity contribution in [3.8, 4) is 0 Å². The van der Waals surface area contributed by atoms with Crippen molar-refractivity contribution in [2.24, 2.45) is 0 Å².